The van der Waals surface area contributed by atoms with E-state index in [-0.39, 0.29) is 24.0 Å². The third-order valence-electron chi connectivity index (χ3n) is 3.77. The van der Waals surface area contributed by atoms with Crippen LogP contribution < -0.4 is 15.4 Å². The number of nitrogens with one attached hydrogen (secondary N) is 2. The quantitative estimate of drug-likeness (QED) is 0.184. The predicted molar refractivity (Wildman–Crippen MR) is 131 cm³/mol. The monoisotopic (exact) mass is 508 g/mol. The molecule has 0 amide bonds. The zero-order valence-corrected chi connectivity index (χ0v) is 20.4. The third-order valence-corrected chi connectivity index (χ3v) is 4.47. The Morgan fingerprint density at radius 1 is 1.11 bits per heavy atom. The maximum Gasteiger partial charge on any atom is 0.191 e. The lowest BCUT2D eigenvalue weighted by atomic mass is 10.2. The molecule has 156 valence electrons. The minimum atomic E-state index is 0. The fraction of sp³-hybridized carbons (Fsp3) is 0.650. The van der Waals surface area contributed by atoms with Crippen molar-refractivity contribution in [2.45, 2.75) is 32.7 Å². The highest BCUT2D eigenvalue weighted by Gasteiger charge is 1.99. The standard InChI is InChI=1S/C20H36N4OS.HI/c1-5-21-20(22-13-6-7-16-26-4)23-17-18-9-11-19(12-10-18)25-15-8-14-24(2)3;/h9-12H,5-8,13-17H2,1-4H3,(H2,21,22,23);1H. The van der Waals surface area contributed by atoms with Crippen LogP contribution in [0.2, 0.25) is 0 Å². The van der Waals surface area contributed by atoms with Crippen molar-refractivity contribution >= 4 is 41.7 Å². The highest BCUT2D eigenvalue weighted by Crippen LogP contribution is 2.13. The summed E-state index contributed by atoms with van der Waals surface area (Å²) in [5.41, 5.74) is 1.19. The number of unbranched alkanes of at least 4 members (excludes halogenated alkanes) is 1. The second-order valence-electron chi connectivity index (χ2n) is 6.47. The molecule has 0 spiro atoms. The van der Waals surface area contributed by atoms with E-state index in [2.05, 4.69) is 59.9 Å². The fourth-order valence-corrected chi connectivity index (χ4v) is 2.84. The molecule has 2 N–H and O–H groups in total. The Labute approximate surface area is 187 Å². The Hall–Kier alpha value is -0.670. The van der Waals surface area contributed by atoms with E-state index in [9.17, 15) is 0 Å². The summed E-state index contributed by atoms with van der Waals surface area (Å²) in [6.07, 6.45) is 5.60. The van der Waals surface area contributed by atoms with Gasteiger partial charge in [-0.1, -0.05) is 12.1 Å². The lowest BCUT2D eigenvalue weighted by molar-refractivity contribution is 0.281. The van der Waals surface area contributed by atoms with Crippen molar-refractivity contribution in [3.8, 4) is 5.75 Å². The third kappa shape index (κ3) is 14.0. The van der Waals surface area contributed by atoms with Gasteiger partial charge < -0.3 is 20.3 Å². The summed E-state index contributed by atoms with van der Waals surface area (Å²) in [4.78, 5) is 6.84. The predicted octanol–water partition coefficient (Wildman–Crippen LogP) is 3.83. The summed E-state index contributed by atoms with van der Waals surface area (Å²) in [6.45, 7) is 6.39. The largest absolute Gasteiger partial charge is 0.494 e. The number of hydrogen-bond acceptors (Lipinski definition) is 4. The molecule has 0 aromatic heterocycles. The Bertz CT molecular complexity index is 497. The molecule has 7 heteroatoms. The number of guanidine groups is 1. The van der Waals surface area contributed by atoms with E-state index in [1.807, 2.05) is 23.9 Å². The van der Waals surface area contributed by atoms with Crippen LogP contribution in [0.15, 0.2) is 29.3 Å². The summed E-state index contributed by atoms with van der Waals surface area (Å²) in [6, 6.07) is 8.24. The van der Waals surface area contributed by atoms with Crippen LogP contribution in [0.25, 0.3) is 0 Å². The normalized spacial score (nSPS) is 11.2. The molecule has 0 fully saturated rings. The van der Waals surface area contributed by atoms with Gasteiger partial charge in [0.25, 0.3) is 0 Å². The van der Waals surface area contributed by atoms with Gasteiger partial charge in [-0.25, -0.2) is 4.99 Å². The van der Waals surface area contributed by atoms with Crippen LogP contribution in [0.5, 0.6) is 5.75 Å². The summed E-state index contributed by atoms with van der Waals surface area (Å²) in [7, 11) is 4.16. The van der Waals surface area contributed by atoms with Crippen molar-refractivity contribution in [2.75, 3.05) is 52.3 Å². The molecule has 27 heavy (non-hydrogen) atoms. The first-order valence-corrected chi connectivity index (χ1v) is 10.9. The number of aliphatic imine (C=N–C) groups is 1. The van der Waals surface area contributed by atoms with Crippen molar-refractivity contribution in [1.82, 2.24) is 15.5 Å². The van der Waals surface area contributed by atoms with Crippen molar-refractivity contribution in [3.05, 3.63) is 29.8 Å². The van der Waals surface area contributed by atoms with Crippen LogP contribution >= 0.6 is 35.7 Å². The van der Waals surface area contributed by atoms with Gasteiger partial charge in [-0.3, -0.25) is 0 Å². The van der Waals surface area contributed by atoms with Gasteiger partial charge in [-0.05, 0) is 70.0 Å². The van der Waals surface area contributed by atoms with Crippen molar-refractivity contribution in [2.24, 2.45) is 4.99 Å². The molecule has 0 radical (unpaired) electrons. The van der Waals surface area contributed by atoms with Crippen LogP contribution in [0.3, 0.4) is 0 Å². The van der Waals surface area contributed by atoms with E-state index in [0.717, 1.165) is 44.4 Å². The van der Waals surface area contributed by atoms with Crippen LogP contribution in [-0.4, -0.2) is 63.2 Å². The number of nitrogens with zero attached hydrogens (tertiary/aromatic N) is 2. The van der Waals surface area contributed by atoms with Crippen LogP contribution in [0, 0.1) is 0 Å². The zero-order valence-electron chi connectivity index (χ0n) is 17.3. The van der Waals surface area contributed by atoms with Gasteiger partial charge >= 0.3 is 0 Å². The smallest absolute Gasteiger partial charge is 0.191 e. The summed E-state index contributed by atoms with van der Waals surface area (Å²) >= 11 is 1.90. The number of rotatable bonds is 13. The van der Waals surface area contributed by atoms with Crippen LogP contribution in [0.1, 0.15) is 31.7 Å². The first-order chi connectivity index (χ1) is 12.7. The van der Waals surface area contributed by atoms with Crippen molar-refractivity contribution in [1.29, 1.82) is 0 Å². The molecule has 0 unspecified atom stereocenters. The molecule has 1 rings (SSSR count). The second kappa shape index (κ2) is 17.4. The summed E-state index contributed by atoms with van der Waals surface area (Å²) in [5, 5.41) is 6.71. The number of halogens is 1. The molecule has 0 aliphatic heterocycles. The Morgan fingerprint density at radius 2 is 1.85 bits per heavy atom. The highest BCUT2D eigenvalue weighted by atomic mass is 127. The van der Waals surface area contributed by atoms with E-state index in [1.54, 1.807) is 0 Å². The number of hydrogen-bond donors (Lipinski definition) is 2. The van der Waals surface area contributed by atoms with Crippen molar-refractivity contribution in [3.63, 3.8) is 0 Å². The van der Waals surface area contributed by atoms with Crippen LogP contribution in [0.4, 0.5) is 0 Å². The van der Waals surface area contributed by atoms with E-state index in [1.165, 1.54) is 24.2 Å². The van der Waals surface area contributed by atoms with Gasteiger partial charge in [-0.2, -0.15) is 11.8 Å². The van der Waals surface area contributed by atoms with E-state index in [4.69, 9.17) is 4.74 Å². The summed E-state index contributed by atoms with van der Waals surface area (Å²) in [5.74, 6) is 3.04. The number of thioether (sulfide) groups is 1. The average Bonchev–Trinajstić information content (AvgIpc) is 2.64. The van der Waals surface area contributed by atoms with Crippen LogP contribution in [-0.2, 0) is 6.54 Å². The minimum absolute atomic E-state index is 0. The molecule has 1 aromatic carbocycles. The molecular weight excluding hydrogens is 471 g/mol. The lowest BCUT2D eigenvalue weighted by Crippen LogP contribution is -2.37. The van der Waals surface area contributed by atoms with Gasteiger partial charge in [-0.15, -0.1) is 24.0 Å². The molecule has 0 saturated carbocycles. The van der Waals surface area contributed by atoms with Gasteiger partial charge in [0.2, 0.25) is 0 Å². The minimum Gasteiger partial charge on any atom is -0.494 e. The van der Waals surface area contributed by atoms with E-state index < -0.39 is 0 Å². The maximum absolute atomic E-state index is 5.77. The average molecular weight is 509 g/mol. The molecule has 0 atom stereocenters. The van der Waals surface area contributed by atoms with Gasteiger partial charge in [0.05, 0.1) is 13.2 Å². The fourth-order valence-electron chi connectivity index (χ4n) is 2.35. The lowest BCUT2D eigenvalue weighted by Gasteiger charge is -2.12. The molecule has 1 aromatic rings. The Kier molecular flexibility index (Phi) is 17.0. The van der Waals surface area contributed by atoms with Gasteiger partial charge in [0, 0.05) is 19.6 Å². The Morgan fingerprint density at radius 3 is 2.48 bits per heavy atom. The molecule has 0 saturated heterocycles. The van der Waals surface area contributed by atoms with Gasteiger partial charge in [0.1, 0.15) is 5.75 Å². The highest BCUT2D eigenvalue weighted by molar-refractivity contribution is 14.0. The van der Waals surface area contributed by atoms with Crippen molar-refractivity contribution < 1.29 is 4.74 Å². The molecule has 0 aliphatic rings. The molecule has 5 nitrogen and oxygen atoms in total. The zero-order chi connectivity index (χ0) is 19.0. The maximum atomic E-state index is 5.77. The molecular formula is C20H37IN4OS. The Balaban J connectivity index is 0.00000676. The van der Waals surface area contributed by atoms with Gasteiger partial charge in [0.15, 0.2) is 5.96 Å². The molecule has 0 heterocycles. The molecule has 0 bridgehead atoms. The SMILES string of the molecule is CCNC(=NCc1ccc(OCCCN(C)C)cc1)NCCCCSC.I. The first-order valence-electron chi connectivity index (χ1n) is 9.53. The first kappa shape index (κ1) is 26.3. The topological polar surface area (TPSA) is 48.9 Å². The second-order valence-corrected chi connectivity index (χ2v) is 7.46. The summed E-state index contributed by atoms with van der Waals surface area (Å²) < 4.78 is 5.77. The van der Waals surface area contributed by atoms with E-state index >= 15 is 0 Å². The molecule has 0 aliphatic carbocycles. The number of ether oxygens (including phenoxy) is 1. The van der Waals surface area contributed by atoms with E-state index in [0.29, 0.717) is 6.54 Å². The number of benzene rings is 1.